The number of ketones is 1. The third-order valence-electron chi connectivity index (χ3n) is 4.51. The highest BCUT2D eigenvalue weighted by molar-refractivity contribution is 5.92. The molecule has 0 amide bonds. The highest BCUT2D eigenvalue weighted by Crippen LogP contribution is 2.61. The Morgan fingerprint density at radius 3 is 2.71 bits per heavy atom. The maximum absolute atomic E-state index is 11.8. The molecule has 2 rings (SSSR count). The predicted molar refractivity (Wildman–Crippen MR) is 54.8 cm³/mol. The van der Waals surface area contributed by atoms with Gasteiger partial charge in [-0.2, -0.15) is 0 Å². The van der Waals surface area contributed by atoms with Crippen LogP contribution in [0, 0.1) is 16.7 Å². The van der Waals surface area contributed by atoms with E-state index in [9.17, 15) is 4.79 Å². The fourth-order valence-corrected chi connectivity index (χ4v) is 3.10. The zero-order valence-electron chi connectivity index (χ0n) is 8.92. The predicted octanol–water partition coefficient (Wildman–Crippen LogP) is 1.93. The minimum Gasteiger partial charge on any atom is -0.396 e. The van der Waals surface area contributed by atoms with Gasteiger partial charge >= 0.3 is 0 Å². The number of allylic oxidation sites excluding steroid dienone is 2. The number of carbonyl (C=O) groups excluding carboxylic acids is 1. The Bertz CT molecular complexity index is 295. The van der Waals surface area contributed by atoms with E-state index in [-0.39, 0.29) is 17.4 Å². The molecule has 78 valence electrons. The molecule has 2 heteroatoms. The summed E-state index contributed by atoms with van der Waals surface area (Å²) in [7, 11) is 0. The molecular weight excluding hydrogens is 176 g/mol. The molecule has 14 heavy (non-hydrogen) atoms. The molecule has 2 aliphatic rings. The summed E-state index contributed by atoms with van der Waals surface area (Å²) in [5.41, 5.74) is -0.195. The molecule has 0 aromatic heterocycles. The van der Waals surface area contributed by atoms with Gasteiger partial charge in [0.1, 0.15) is 5.78 Å². The van der Waals surface area contributed by atoms with Crippen molar-refractivity contribution in [2.24, 2.45) is 16.7 Å². The van der Waals surface area contributed by atoms with Gasteiger partial charge in [0.2, 0.25) is 0 Å². The van der Waals surface area contributed by atoms with Crippen LogP contribution in [0.1, 0.15) is 33.1 Å². The Kier molecular flexibility index (Phi) is 2.07. The summed E-state index contributed by atoms with van der Waals surface area (Å²) in [5.74, 6) is 0.789. The molecule has 0 radical (unpaired) electrons. The minimum absolute atomic E-state index is 0.0623. The monoisotopic (exact) mass is 194 g/mol. The average molecular weight is 194 g/mol. The van der Waals surface area contributed by atoms with Gasteiger partial charge in [-0.25, -0.2) is 0 Å². The van der Waals surface area contributed by atoms with E-state index in [1.54, 1.807) is 0 Å². The van der Waals surface area contributed by atoms with E-state index >= 15 is 0 Å². The van der Waals surface area contributed by atoms with Crippen molar-refractivity contribution < 1.29 is 9.90 Å². The summed E-state index contributed by atoms with van der Waals surface area (Å²) in [6.07, 6.45) is 6.73. The SMILES string of the molecule is CC12C=CC(CC1=O)C2(C)CCCO. The van der Waals surface area contributed by atoms with Gasteiger partial charge in [-0.05, 0) is 31.1 Å². The van der Waals surface area contributed by atoms with Gasteiger partial charge in [0.25, 0.3) is 0 Å². The first kappa shape index (κ1) is 9.91. The van der Waals surface area contributed by atoms with Gasteiger partial charge in [0.15, 0.2) is 0 Å². The van der Waals surface area contributed by atoms with Crippen LogP contribution in [0.2, 0.25) is 0 Å². The van der Waals surface area contributed by atoms with Crippen molar-refractivity contribution in [1.29, 1.82) is 0 Å². The average Bonchev–Trinajstić information content (AvgIpc) is 2.50. The minimum atomic E-state index is -0.257. The summed E-state index contributed by atoms with van der Waals surface area (Å²) in [6.45, 7) is 4.47. The smallest absolute Gasteiger partial charge is 0.143 e. The van der Waals surface area contributed by atoms with Crippen molar-refractivity contribution in [2.45, 2.75) is 33.1 Å². The summed E-state index contributed by atoms with van der Waals surface area (Å²) in [5, 5.41) is 8.88. The molecule has 0 aromatic carbocycles. The van der Waals surface area contributed by atoms with Crippen molar-refractivity contribution in [3.8, 4) is 0 Å². The van der Waals surface area contributed by atoms with Gasteiger partial charge in [-0.1, -0.05) is 19.1 Å². The first-order chi connectivity index (χ1) is 6.54. The zero-order chi connectivity index (χ0) is 10.4. The lowest BCUT2D eigenvalue weighted by molar-refractivity contribution is -0.125. The van der Waals surface area contributed by atoms with Crippen molar-refractivity contribution >= 4 is 5.78 Å². The van der Waals surface area contributed by atoms with Crippen molar-refractivity contribution in [1.82, 2.24) is 0 Å². The van der Waals surface area contributed by atoms with Crippen LogP contribution in [-0.2, 0) is 4.79 Å². The number of hydrogen-bond donors (Lipinski definition) is 1. The lowest BCUT2D eigenvalue weighted by atomic mass is 9.66. The Morgan fingerprint density at radius 1 is 1.57 bits per heavy atom. The molecule has 3 unspecified atom stereocenters. The molecule has 0 aliphatic heterocycles. The van der Waals surface area contributed by atoms with E-state index in [1.807, 2.05) is 0 Å². The Morgan fingerprint density at radius 2 is 2.29 bits per heavy atom. The van der Waals surface area contributed by atoms with Crippen LogP contribution in [0.15, 0.2) is 12.2 Å². The summed E-state index contributed by atoms with van der Waals surface area (Å²) < 4.78 is 0. The van der Waals surface area contributed by atoms with E-state index in [4.69, 9.17) is 5.11 Å². The van der Waals surface area contributed by atoms with Crippen LogP contribution in [0.4, 0.5) is 0 Å². The van der Waals surface area contributed by atoms with E-state index in [1.165, 1.54) is 0 Å². The van der Waals surface area contributed by atoms with Gasteiger partial charge in [0.05, 0.1) is 5.41 Å². The quantitative estimate of drug-likeness (QED) is 0.697. The highest BCUT2D eigenvalue weighted by atomic mass is 16.2. The van der Waals surface area contributed by atoms with Crippen LogP contribution >= 0.6 is 0 Å². The number of carbonyl (C=O) groups is 1. The molecule has 0 saturated heterocycles. The number of hydrogen-bond acceptors (Lipinski definition) is 2. The van der Waals surface area contributed by atoms with Crippen LogP contribution in [0.25, 0.3) is 0 Å². The largest absolute Gasteiger partial charge is 0.396 e. The lowest BCUT2D eigenvalue weighted by Crippen LogP contribution is -2.35. The second-order valence-electron chi connectivity index (χ2n) is 5.04. The van der Waals surface area contributed by atoms with Crippen molar-refractivity contribution in [3.63, 3.8) is 0 Å². The van der Waals surface area contributed by atoms with Crippen LogP contribution in [0.5, 0.6) is 0 Å². The Balaban J connectivity index is 2.26. The molecule has 0 aromatic rings. The number of aliphatic hydroxyl groups excluding tert-OH is 1. The van der Waals surface area contributed by atoms with Crippen LogP contribution < -0.4 is 0 Å². The summed E-state index contributed by atoms with van der Waals surface area (Å²) >= 11 is 0. The topological polar surface area (TPSA) is 37.3 Å². The molecule has 2 bridgehead atoms. The van der Waals surface area contributed by atoms with Gasteiger partial charge in [-0.3, -0.25) is 4.79 Å². The second-order valence-corrected chi connectivity index (χ2v) is 5.04. The van der Waals surface area contributed by atoms with Crippen molar-refractivity contribution in [2.75, 3.05) is 6.61 Å². The van der Waals surface area contributed by atoms with E-state index in [0.717, 1.165) is 12.8 Å². The molecular formula is C12H18O2. The van der Waals surface area contributed by atoms with E-state index < -0.39 is 0 Å². The summed E-state index contributed by atoms with van der Waals surface area (Å²) in [6, 6.07) is 0. The molecule has 1 fully saturated rings. The normalized spacial score (nSPS) is 45.1. The molecule has 3 atom stereocenters. The summed E-state index contributed by atoms with van der Waals surface area (Å²) in [4.78, 5) is 11.8. The fraction of sp³-hybridized carbons (Fsp3) is 0.750. The second kappa shape index (κ2) is 2.93. The zero-order valence-corrected chi connectivity index (χ0v) is 8.92. The molecule has 1 saturated carbocycles. The van der Waals surface area contributed by atoms with Crippen LogP contribution in [0.3, 0.4) is 0 Å². The highest BCUT2D eigenvalue weighted by Gasteiger charge is 2.60. The fourth-order valence-electron chi connectivity index (χ4n) is 3.10. The number of fused-ring (bicyclic) bond motifs is 2. The third-order valence-corrected chi connectivity index (χ3v) is 4.51. The van der Waals surface area contributed by atoms with Gasteiger partial charge < -0.3 is 5.11 Å². The number of rotatable bonds is 3. The molecule has 0 heterocycles. The maximum atomic E-state index is 11.8. The van der Waals surface area contributed by atoms with E-state index in [2.05, 4.69) is 26.0 Å². The van der Waals surface area contributed by atoms with E-state index in [0.29, 0.717) is 18.1 Å². The molecule has 1 N–H and O–H groups in total. The van der Waals surface area contributed by atoms with Crippen LogP contribution in [-0.4, -0.2) is 17.5 Å². The number of Topliss-reactive ketones (excluding diaryl/α,β-unsaturated/α-hetero) is 1. The lowest BCUT2D eigenvalue weighted by Gasteiger charge is -2.36. The molecule has 2 aliphatic carbocycles. The number of aliphatic hydroxyl groups is 1. The molecule has 2 nitrogen and oxygen atoms in total. The van der Waals surface area contributed by atoms with Gasteiger partial charge in [0, 0.05) is 13.0 Å². The maximum Gasteiger partial charge on any atom is 0.143 e. The first-order valence-corrected chi connectivity index (χ1v) is 5.38. The van der Waals surface area contributed by atoms with Gasteiger partial charge in [-0.15, -0.1) is 0 Å². The first-order valence-electron chi connectivity index (χ1n) is 5.38. The molecule has 0 spiro atoms. The Labute approximate surface area is 85.0 Å². The standard InChI is InChI=1S/C12H18O2/c1-11(5-3-7-13)9-4-6-12(11,2)10(14)8-9/h4,6,9,13H,3,5,7-8H2,1-2H3. The Hall–Kier alpha value is -0.630. The van der Waals surface area contributed by atoms with Crippen molar-refractivity contribution in [3.05, 3.63) is 12.2 Å². The third kappa shape index (κ3) is 0.977.